The van der Waals surface area contributed by atoms with E-state index in [9.17, 15) is 4.79 Å². The van der Waals surface area contributed by atoms with Crippen LogP contribution in [0.15, 0.2) is 28.7 Å². The zero-order valence-corrected chi connectivity index (χ0v) is 11.2. The number of nitrogens with one attached hydrogen (secondary N) is 1. The summed E-state index contributed by atoms with van der Waals surface area (Å²) >= 11 is 5.83. The minimum atomic E-state index is -0.277. The van der Waals surface area contributed by atoms with Gasteiger partial charge in [0.1, 0.15) is 17.6 Å². The average Bonchev–Trinajstić information content (AvgIpc) is 2.71. The maximum Gasteiger partial charge on any atom is 0.259 e. The van der Waals surface area contributed by atoms with Gasteiger partial charge in [-0.05, 0) is 38.1 Å². The number of hydrogen-bond acceptors (Lipinski definition) is 3. The Morgan fingerprint density at radius 1 is 1.37 bits per heavy atom. The second-order valence-corrected chi connectivity index (χ2v) is 4.49. The standard InChI is InChI=1S/C14H11ClN2O2/c1-8-5-12(9(2)19-8)14(18)17-11-3-4-13(15)10(6-11)7-16/h3-6H,1-2H3,(H,17,18). The van der Waals surface area contributed by atoms with Crippen molar-refractivity contribution in [3.8, 4) is 6.07 Å². The fourth-order valence-electron chi connectivity index (χ4n) is 1.74. The molecule has 0 atom stereocenters. The molecular formula is C14H11ClN2O2. The molecule has 19 heavy (non-hydrogen) atoms. The van der Waals surface area contributed by atoms with Crippen LogP contribution in [0, 0.1) is 25.2 Å². The highest BCUT2D eigenvalue weighted by molar-refractivity contribution is 6.31. The summed E-state index contributed by atoms with van der Waals surface area (Å²) in [5.41, 5.74) is 1.31. The lowest BCUT2D eigenvalue weighted by Gasteiger charge is -2.05. The number of rotatable bonds is 2. The number of benzene rings is 1. The number of carbonyl (C=O) groups is 1. The van der Waals surface area contributed by atoms with Gasteiger partial charge in [0.2, 0.25) is 0 Å². The number of anilines is 1. The van der Waals surface area contributed by atoms with Crippen molar-refractivity contribution < 1.29 is 9.21 Å². The van der Waals surface area contributed by atoms with Crippen LogP contribution in [0.3, 0.4) is 0 Å². The summed E-state index contributed by atoms with van der Waals surface area (Å²) in [4.78, 5) is 12.0. The van der Waals surface area contributed by atoms with Gasteiger partial charge >= 0.3 is 0 Å². The first-order chi connectivity index (χ1) is 9.01. The monoisotopic (exact) mass is 274 g/mol. The molecule has 96 valence electrons. The lowest BCUT2D eigenvalue weighted by Crippen LogP contribution is -2.12. The van der Waals surface area contributed by atoms with Crippen LogP contribution < -0.4 is 5.32 Å². The number of nitriles is 1. The molecule has 1 N–H and O–H groups in total. The van der Waals surface area contributed by atoms with Crippen molar-refractivity contribution in [2.45, 2.75) is 13.8 Å². The van der Waals surface area contributed by atoms with Gasteiger partial charge in [-0.25, -0.2) is 0 Å². The van der Waals surface area contributed by atoms with Crippen molar-refractivity contribution in [3.63, 3.8) is 0 Å². The normalized spacial score (nSPS) is 10.0. The van der Waals surface area contributed by atoms with Gasteiger partial charge in [-0.1, -0.05) is 11.6 Å². The lowest BCUT2D eigenvalue weighted by atomic mass is 10.2. The highest BCUT2D eigenvalue weighted by Crippen LogP contribution is 2.21. The summed E-state index contributed by atoms with van der Waals surface area (Å²) in [5, 5.41) is 11.9. The first-order valence-electron chi connectivity index (χ1n) is 5.59. The predicted octanol–water partition coefficient (Wildman–Crippen LogP) is 3.67. The van der Waals surface area contributed by atoms with Gasteiger partial charge in [-0.15, -0.1) is 0 Å². The molecular weight excluding hydrogens is 264 g/mol. The van der Waals surface area contributed by atoms with Crippen LogP contribution in [0.2, 0.25) is 5.02 Å². The van der Waals surface area contributed by atoms with E-state index in [0.29, 0.717) is 33.4 Å². The van der Waals surface area contributed by atoms with Crippen molar-refractivity contribution in [2.24, 2.45) is 0 Å². The van der Waals surface area contributed by atoms with Crippen molar-refractivity contribution in [3.05, 3.63) is 51.9 Å². The highest BCUT2D eigenvalue weighted by Gasteiger charge is 2.14. The number of carbonyl (C=O) groups excluding carboxylic acids is 1. The smallest absolute Gasteiger partial charge is 0.259 e. The van der Waals surface area contributed by atoms with Gasteiger partial charge in [0.05, 0.1) is 16.1 Å². The zero-order valence-electron chi connectivity index (χ0n) is 10.5. The van der Waals surface area contributed by atoms with Crippen LogP contribution in [0.1, 0.15) is 27.4 Å². The fourth-order valence-corrected chi connectivity index (χ4v) is 1.90. The summed E-state index contributed by atoms with van der Waals surface area (Å²) in [7, 11) is 0. The number of halogens is 1. The topological polar surface area (TPSA) is 66.0 Å². The molecule has 1 heterocycles. The molecule has 1 amide bonds. The molecule has 0 aliphatic rings. The molecule has 0 unspecified atom stereocenters. The molecule has 1 aromatic heterocycles. The number of aryl methyl sites for hydroxylation is 2. The molecule has 4 nitrogen and oxygen atoms in total. The van der Waals surface area contributed by atoms with E-state index in [1.807, 2.05) is 6.07 Å². The third-order valence-corrected chi connectivity index (χ3v) is 2.96. The summed E-state index contributed by atoms with van der Waals surface area (Å²) in [6, 6.07) is 8.38. The van der Waals surface area contributed by atoms with E-state index in [0.717, 1.165) is 0 Å². The minimum Gasteiger partial charge on any atom is -0.466 e. The van der Waals surface area contributed by atoms with Crippen molar-refractivity contribution >= 4 is 23.2 Å². The Bertz CT molecular complexity index is 683. The molecule has 5 heteroatoms. The van der Waals surface area contributed by atoms with Gasteiger partial charge in [-0.2, -0.15) is 5.26 Å². The molecule has 0 fully saturated rings. The molecule has 2 rings (SSSR count). The SMILES string of the molecule is Cc1cc(C(=O)Nc2ccc(Cl)c(C#N)c2)c(C)o1. The fraction of sp³-hybridized carbons (Fsp3) is 0.143. The first kappa shape index (κ1) is 13.2. The van der Waals surface area contributed by atoms with E-state index < -0.39 is 0 Å². The maximum absolute atomic E-state index is 12.0. The molecule has 1 aromatic carbocycles. The van der Waals surface area contributed by atoms with Gasteiger partial charge in [0.15, 0.2) is 0 Å². The average molecular weight is 275 g/mol. The Morgan fingerprint density at radius 3 is 2.68 bits per heavy atom. The first-order valence-corrected chi connectivity index (χ1v) is 5.97. The third kappa shape index (κ3) is 2.78. The second-order valence-electron chi connectivity index (χ2n) is 4.09. The Labute approximate surface area is 115 Å². The van der Waals surface area contributed by atoms with Crippen LogP contribution in [0.4, 0.5) is 5.69 Å². The van der Waals surface area contributed by atoms with E-state index in [-0.39, 0.29) is 5.91 Å². The van der Waals surface area contributed by atoms with Crippen LogP contribution in [0.25, 0.3) is 0 Å². The molecule has 0 saturated carbocycles. The minimum absolute atomic E-state index is 0.277. The summed E-state index contributed by atoms with van der Waals surface area (Å²) in [6.07, 6.45) is 0. The Morgan fingerprint density at radius 2 is 2.11 bits per heavy atom. The van der Waals surface area contributed by atoms with Crippen molar-refractivity contribution in [1.29, 1.82) is 5.26 Å². The Kier molecular flexibility index (Phi) is 3.59. The largest absolute Gasteiger partial charge is 0.466 e. The van der Waals surface area contributed by atoms with Gasteiger partial charge in [-0.3, -0.25) is 4.79 Å². The third-order valence-electron chi connectivity index (χ3n) is 2.63. The van der Waals surface area contributed by atoms with Crippen molar-refractivity contribution in [1.82, 2.24) is 0 Å². The van der Waals surface area contributed by atoms with Crippen LogP contribution in [0.5, 0.6) is 0 Å². The molecule has 2 aromatic rings. The molecule has 0 saturated heterocycles. The summed E-state index contributed by atoms with van der Waals surface area (Å²) in [6.45, 7) is 3.50. The van der Waals surface area contributed by atoms with Gasteiger partial charge in [0.25, 0.3) is 5.91 Å². The number of furan rings is 1. The lowest BCUT2D eigenvalue weighted by molar-refractivity contribution is 0.102. The van der Waals surface area contributed by atoms with E-state index in [4.69, 9.17) is 21.3 Å². The summed E-state index contributed by atoms with van der Waals surface area (Å²) in [5.74, 6) is 0.960. The van der Waals surface area contributed by atoms with Crippen LogP contribution >= 0.6 is 11.6 Å². The Balaban J connectivity index is 2.25. The van der Waals surface area contributed by atoms with E-state index >= 15 is 0 Å². The molecule has 0 radical (unpaired) electrons. The van der Waals surface area contributed by atoms with E-state index in [1.165, 1.54) is 6.07 Å². The number of amides is 1. The number of nitrogens with zero attached hydrogens (tertiary/aromatic N) is 1. The second kappa shape index (κ2) is 5.17. The van der Waals surface area contributed by atoms with E-state index in [1.54, 1.807) is 32.0 Å². The molecule has 0 bridgehead atoms. The van der Waals surface area contributed by atoms with E-state index in [2.05, 4.69) is 5.32 Å². The zero-order chi connectivity index (χ0) is 14.0. The van der Waals surface area contributed by atoms with Crippen molar-refractivity contribution in [2.75, 3.05) is 5.32 Å². The number of hydrogen-bond donors (Lipinski definition) is 1. The molecule has 0 aliphatic heterocycles. The highest BCUT2D eigenvalue weighted by atomic mass is 35.5. The van der Waals surface area contributed by atoms with Gasteiger partial charge in [0, 0.05) is 5.69 Å². The summed E-state index contributed by atoms with van der Waals surface area (Å²) < 4.78 is 5.30. The molecule has 0 aliphatic carbocycles. The Hall–Kier alpha value is -2.25. The maximum atomic E-state index is 12.0. The van der Waals surface area contributed by atoms with Crippen LogP contribution in [-0.2, 0) is 0 Å². The quantitative estimate of drug-likeness (QED) is 0.908. The van der Waals surface area contributed by atoms with Crippen LogP contribution in [-0.4, -0.2) is 5.91 Å². The molecule has 0 spiro atoms. The predicted molar refractivity (Wildman–Crippen MR) is 72.3 cm³/mol. The van der Waals surface area contributed by atoms with Gasteiger partial charge < -0.3 is 9.73 Å².